The lowest BCUT2D eigenvalue weighted by Crippen LogP contribution is -2.39. The van der Waals surface area contributed by atoms with Crippen molar-refractivity contribution < 1.29 is 8.42 Å². The Bertz CT molecular complexity index is 633. The molecule has 2 fully saturated rings. The Morgan fingerprint density at radius 1 is 1.19 bits per heavy atom. The van der Waals surface area contributed by atoms with Crippen molar-refractivity contribution in [1.82, 2.24) is 9.21 Å². The first-order valence-corrected chi connectivity index (χ1v) is 9.72. The summed E-state index contributed by atoms with van der Waals surface area (Å²) in [5, 5.41) is 0. The lowest BCUT2D eigenvalue weighted by Gasteiger charge is -2.25. The van der Waals surface area contributed by atoms with Crippen LogP contribution in [0.3, 0.4) is 0 Å². The van der Waals surface area contributed by atoms with E-state index in [1.54, 1.807) is 16.4 Å². The van der Waals surface area contributed by atoms with Gasteiger partial charge < -0.3 is 0 Å². The van der Waals surface area contributed by atoms with Gasteiger partial charge in [-0.05, 0) is 63.0 Å². The van der Waals surface area contributed by atoms with Crippen molar-refractivity contribution in [2.75, 3.05) is 26.2 Å². The van der Waals surface area contributed by atoms with Crippen molar-refractivity contribution in [3.8, 4) is 0 Å². The van der Waals surface area contributed by atoms with Crippen LogP contribution in [0.15, 0.2) is 27.6 Å². The third kappa shape index (κ3) is 3.04. The maximum Gasteiger partial charge on any atom is 0.243 e. The number of fused-ring (bicyclic) bond motifs is 1. The molecule has 4 nitrogen and oxygen atoms in total. The molecule has 1 atom stereocenters. The monoisotopic (exact) mass is 372 g/mol. The molecule has 0 amide bonds. The van der Waals surface area contributed by atoms with Crippen molar-refractivity contribution >= 4 is 26.0 Å². The number of benzene rings is 1. The molecule has 0 aromatic heterocycles. The van der Waals surface area contributed by atoms with E-state index in [2.05, 4.69) is 20.8 Å². The Kier molecular flexibility index (Phi) is 4.41. The molecule has 2 aliphatic rings. The number of aryl methyl sites for hydroxylation is 1. The highest BCUT2D eigenvalue weighted by molar-refractivity contribution is 9.10. The highest BCUT2D eigenvalue weighted by atomic mass is 79.9. The van der Waals surface area contributed by atoms with Crippen molar-refractivity contribution in [2.45, 2.75) is 37.1 Å². The summed E-state index contributed by atoms with van der Waals surface area (Å²) >= 11 is 3.43. The summed E-state index contributed by atoms with van der Waals surface area (Å²) in [4.78, 5) is 2.86. The average molecular weight is 373 g/mol. The summed E-state index contributed by atoms with van der Waals surface area (Å²) < 4.78 is 28.4. The Morgan fingerprint density at radius 3 is 2.71 bits per heavy atom. The van der Waals surface area contributed by atoms with E-state index in [-0.39, 0.29) is 0 Å². The summed E-state index contributed by atoms with van der Waals surface area (Å²) in [6, 6.07) is 5.68. The standard InChI is InChI=1S/C15H21BrN2O2S/c1-12-10-14(5-6-15(12)16)21(19,20)18-9-3-8-17-7-2-4-13(17)11-18/h5-6,10,13H,2-4,7-9,11H2,1H3. The van der Waals surface area contributed by atoms with Crippen molar-refractivity contribution in [3.05, 3.63) is 28.2 Å². The van der Waals surface area contributed by atoms with Gasteiger partial charge in [0, 0.05) is 23.6 Å². The van der Waals surface area contributed by atoms with Gasteiger partial charge in [0.15, 0.2) is 0 Å². The van der Waals surface area contributed by atoms with Crippen LogP contribution < -0.4 is 0 Å². The van der Waals surface area contributed by atoms with Gasteiger partial charge in [-0.25, -0.2) is 8.42 Å². The molecule has 6 heteroatoms. The van der Waals surface area contributed by atoms with Crippen molar-refractivity contribution in [2.24, 2.45) is 0 Å². The topological polar surface area (TPSA) is 40.6 Å². The molecule has 0 bridgehead atoms. The maximum absolute atomic E-state index is 12.9. The molecule has 0 radical (unpaired) electrons. The zero-order valence-corrected chi connectivity index (χ0v) is 14.7. The zero-order chi connectivity index (χ0) is 15.0. The minimum absolute atomic E-state index is 0.402. The van der Waals surface area contributed by atoms with Gasteiger partial charge in [0.05, 0.1) is 4.90 Å². The van der Waals surface area contributed by atoms with E-state index in [4.69, 9.17) is 0 Å². The van der Waals surface area contributed by atoms with E-state index in [1.165, 1.54) is 6.42 Å². The highest BCUT2D eigenvalue weighted by Gasteiger charge is 2.34. The number of rotatable bonds is 2. The summed E-state index contributed by atoms with van der Waals surface area (Å²) in [5.41, 5.74) is 0.952. The minimum atomic E-state index is -3.38. The second-order valence-corrected chi connectivity index (χ2v) is 8.75. The van der Waals surface area contributed by atoms with Crippen LogP contribution in [0.2, 0.25) is 0 Å². The second-order valence-electron chi connectivity index (χ2n) is 5.96. The van der Waals surface area contributed by atoms with E-state index in [1.807, 2.05) is 13.0 Å². The van der Waals surface area contributed by atoms with Gasteiger partial charge >= 0.3 is 0 Å². The van der Waals surface area contributed by atoms with Crippen LogP contribution in [0.4, 0.5) is 0 Å². The van der Waals surface area contributed by atoms with Crippen LogP contribution in [-0.2, 0) is 10.0 Å². The lowest BCUT2D eigenvalue weighted by atomic mass is 10.2. The van der Waals surface area contributed by atoms with E-state index in [0.717, 1.165) is 36.0 Å². The molecule has 1 unspecified atom stereocenters. The number of hydrogen-bond donors (Lipinski definition) is 0. The van der Waals surface area contributed by atoms with Gasteiger partial charge in [0.2, 0.25) is 10.0 Å². The fourth-order valence-electron chi connectivity index (χ4n) is 3.32. The van der Waals surface area contributed by atoms with Crippen LogP contribution in [0, 0.1) is 6.92 Å². The fourth-order valence-corrected chi connectivity index (χ4v) is 5.17. The molecule has 2 heterocycles. The van der Waals surface area contributed by atoms with Crippen LogP contribution in [-0.4, -0.2) is 49.8 Å². The smallest absolute Gasteiger partial charge is 0.243 e. The molecule has 2 aliphatic heterocycles. The summed E-state index contributed by atoms with van der Waals surface area (Å²) in [5.74, 6) is 0. The molecular weight excluding hydrogens is 352 g/mol. The molecule has 0 saturated carbocycles. The van der Waals surface area contributed by atoms with Gasteiger partial charge in [-0.1, -0.05) is 15.9 Å². The molecule has 0 spiro atoms. The Balaban J connectivity index is 1.88. The van der Waals surface area contributed by atoms with Gasteiger partial charge in [0.25, 0.3) is 0 Å². The first-order valence-electron chi connectivity index (χ1n) is 7.49. The molecule has 21 heavy (non-hydrogen) atoms. The predicted octanol–water partition coefficient (Wildman–Crippen LogP) is 2.62. The van der Waals surface area contributed by atoms with Crippen LogP contribution in [0.25, 0.3) is 0 Å². The SMILES string of the molecule is Cc1cc(S(=O)(=O)N2CCCN3CCCC3C2)ccc1Br. The number of hydrogen-bond acceptors (Lipinski definition) is 3. The van der Waals surface area contributed by atoms with Crippen molar-refractivity contribution in [1.29, 1.82) is 0 Å². The van der Waals surface area contributed by atoms with E-state index >= 15 is 0 Å². The van der Waals surface area contributed by atoms with Crippen molar-refractivity contribution in [3.63, 3.8) is 0 Å². The molecule has 0 aliphatic carbocycles. The first-order chi connectivity index (χ1) is 9.98. The highest BCUT2D eigenvalue weighted by Crippen LogP contribution is 2.27. The summed E-state index contributed by atoms with van der Waals surface area (Å²) in [7, 11) is -3.38. The molecule has 1 aromatic carbocycles. The molecular formula is C15H21BrN2O2S. The molecule has 0 N–H and O–H groups in total. The fraction of sp³-hybridized carbons (Fsp3) is 0.600. The van der Waals surface area contributed by atoms with Crippen LogP contribution >= 0.6 is 15.9 Å². The Labute approximate surface area is 135 Å². The first kappa shape index (κ1) is 15.5. The number of halogens is 1. The normalized spacial score (nSPS) is 24.8. The average Bonchev–Trinajstić information content (AvgIpc) is 2.78. The van der Waals surface area contributed by atoms with Gasteiger partial charge in [-0.15, -0.1) is 0 Å². The van der Waals surface area contributed by atoms with Gasteiger partial charge in [0.1, 0.15) is 0 Å². The largest absolute Gasteiger partial charge is 0.299 e. The molecule has 1 aromatic rings. The lowest BCUT2D eigenvalue weighted by molar-refractivity contribution is 0.257. The summed E-state index contributed by atoms with van der Waals surface area (Å²) in [6.07, 6.45) is 3.23. The predicted molar refractivity (Wildman–Crippen MR) is 86.8 cm³/mol. The molecule has 116 valence electrons. The van der Waals surface area contributed by atoms with Gasteiger partial charge in [-0.2, -0.15) is 4.31 Å². The molecule has 2 saturated heterocycles. The van der Waals surface area contributed by atoms with Crippen LogP contribution in [0.1, 0.15) is 24.8 Å². The second kappa shape index (κ2) is 5.99. The minimum Gasteiger partial charge on any atom is -0.299 e. The number of sulfonamides is 1. The van der Waals surface area contributed by atoms with E-state index in [0.29, 0.717) is 24.0 Å². The molecule has 3 rings (SSSR count). The van der Waals surface area contributed by atoms with Gasteiger partial charge in [-0.3, -0.25) is 4.90 Å². The Morgan fingerprint density at radius 2 is 1.95 bits per heavy atom. The third-order valence-electron chi connectivity index (χ3n) is 4.53. The van der Waals surface area contributed by atoms with E-state index < -0.39 is 10.0 Å². The number of nitrogens with zero attached hydrogens (tertiary/aromatic N) is 2. The third-order valence-corrected chi connectivity index (χ3v) is 7.28. The van der Waals surface area contributed by atoms with Crippen LogP contribution in [0.5, 0.6) is 0 Å². The quantitative estimate of drug-likeness (QED) is 0.800. The Hall–Kier alpha value is -0.430. The van der Waals surface area contributed by atoms with E-state index in [9.17, 15) is 8.42 Å². The zero-order valence-electron chi connectivity index (χ0n) is 12.3. The summed E-state index contributed by atoms with van der Waals surface area (Å²) in [6.45, 7) is 5.33. The maximum atomic E-state index is 12.9.